The average molecular weight is 431 g/mol. The van der Waals surface area contributed by atoms with Gasteiger partial charge in [-0.05, 0) is 43.7 Å². The number of hydrogen-bond acceptors (Lipinski definition) is 3. The lowest BCUT2D eigenvalue weighted by Gasteiger charge is -2.10. The summed E-state index contributed by atoms with van der Waals surface area (Å²) in [5.41, 5.74) is 3.33. The number of aliphatic carboxylic acids is 2. The molecule has 0 radical (unpaired) electrons. The number of aliphatic hydroxyl groups is 1. The first kappa shape index (κ1) is 28.3. The highest BCUT2D eigenvalue weighted by atomic mass is 16.4. The third-order valence-electron chi connectivity index (χ3n) is 4.34. The second-order valence-corrected chi connectivity index (χ2v) is 7.55. The highest BCUT2D eigenvalue weighted by Crippen LogP contribution is 2.15. The van der Waals surface area contributed by atoms with E-state index in [0.717, 1.165) is 31.2 Å². The van der Waals surface area contributed by atoms with Crippen molar-refractivity contribution < 1.29 is 24.9 Å². The fraction of sp³-hybridized carbons (Fsp3) is 0.462. The Morgan fingerprint density at radius 2 is 1.39 bits per heavy atom. The van der Waals surface area contributed by atoms with Gasteiger partial charge >= 0.3 is 11.9 Å². The maximum Gasteiger partial charge on any atom is 0.307 e. The van der Waals surface area contributed by atoms with Gasteiger partial charge in [0.2, 0.25) is 0 Å². The number of carboxylic acids is 2. The van der Waals surface area contributed by atoms with Gasteiger partial charge in [0.1, 0.15) is 0 Å². The van der Waals surface area contributed by atoms with Gasteiger partial charge in [-0.2, -0.15) is 0 Å². The Morgan fingerprint density at radius 1 is 0.839 bits per heavy atom. The molecule has 0 heterocycles. The van der Waals surface area contributed by atoms with E-state index in [0.29, 0.717) is 0 Å². The van der Waals surface area contributed by atoms with Crippen molar-refractivity contribution in [3.8, 4) is 0 Å². The molecule has 0 fully saturated rings. The molecule has 1 unspecified atom stereocenters. The lowest BCUT2D eigenvalue weighted by atomic mass is 9.95. The maximum atomic E-state index is 11.0. The number of rotatable bonds is 10. The molecule has 1 atom stereocenters. The molecule has 0 aliphatic carbocycles. The van der Waals surface area contributed by atoms with Gasteiger partial charge in [-0.25, -0.2) is 0 Å². The first-order chi connectivity index (χ1) is 14.8. The molecule has 0 amide bonds. The molecular formula is C26H38O5. The summed E-state index contributed by atoms with van der Waals surface area (Å²) in [4.78, 5) is 21.7. The van der Waals surface area contributed by atoms with Gasteiger partial charge in [-0.15, -0.1) is 0 Å². The summed E-state index contributed by atoms with van der Waals surface area (Å²) in [5, 5.41) is 26.4. The smallest absolute Gasteiger partial charge is 0.307 e. The van der Waals surface area contributed by atoms with Crippen molar-refractivity contribution >= 4 is 11.9 Å². The van der Waals surface area contributed by atoms with Gasteiger partial charge in [-0.3, -0.25) is 9.59 Å². The van der Waals surface area contributed by atoms with Crippen molar-refractivity contribution in [2.24, 2.45) is 5.92 Å². The van der Waals surface area contributed by atoms with E-state index < -0.39 is 17.9 Å². The average Bonchev–Trinajstić information content (AvgIpc) is 2.73. The van der Waals surface area contributed by atoms with E-state index in [2.05, 4.69) is 32.9 Å². The van der Waals surface area contributed by atoms with Crippen molar-refractivity contribution in [1.82, 2.24) is 0 Å². The van der Waals surface area contributed by atoms with Gasteiger partial charge in [-0.1, -0.05) is 86.8 Å². The van der Waals surface area contributed by atoms with E-state index in [1.165, 1.54) is 17.5 Å². The van der Waals surface area contributed by atoms with Crippen LogP contribution in [0.3, 0.4) is 0 Å². The van der Waals surface area contributed by atoms with Crippen molar-refractivity contribution in [2.45, 2.75) is 65.7 Å². The van der Waals surface area contributed by atoms with E-state index in [1.54, 1.807) is 0 Å². The molecule has 2 aromatic rings. The van der Waals surface area contributed by atoms with Crippen molar-refractivity contribution in [1.29, 1.82) is 0 Å². The molecule has 0 aliphatic heterocycles. The number of aliphatic hydroxyl groups excluding tert-OH is 1. The summed E-state index contributed by atoms with van der Waals surface area (Å²) >= 11 is 0. The molecule has 0 saturated heterocycles. The molecule has 0 aliphatic rings. The van der Waals surface area contributed by atoms with Crippen LogP contribution in [0.25, 0.3) is 0 Å². The standard InChI is InChI=1S/C16H22O5.C7H8.C3H8/c17-9-3-1-2-4-12-5-7-13(8-6-12)10-14(16(20)21)11-15(18)19;1-7-5-3-2-4-6-7;1-3-2/h5-8,14,17H,1-4,9-11H2,(H,18,19)(H,20,21);2-6H,1H3;3H2,1-2H3. The van der Waals surface area contributed by atoms with Crippen LogP contribution in [0.15, 0.2) is 54.6 Å². The summed E-state index contributed by atoms with van der Waals surface area (Å²) in [6.45, 7) is 6.55. The molecule has 0 aromatic heterocycles. The molecule has 2 aromatic carbocycles. The number of hydrogen-bond donors (Lipinski definition) is 3. The van der Waals surface area contributed by atoms with Crippen molar-refractivity contribution in [3.05, 3.63) is 71.3 Å². The fourth-order valence-electron chi connectivity index (χ4n) is 2.74. The normalized spacial score (nSPS) is 10.7. The van der Waals surface area contributed by atoms with E-state index in [1.807, 2.05) is 42.5 Å². The molecule has 5 heteroatoms. The van der Waals surface area contributed by atoms with Crippen LogP contribution in [-0.2, 0) is 22.4 Å². The molecule has 0 saturated carbocycles. The second-order valence-electron chi connectivity index (χ2n) is 7.55. The third-order valence-corrected chi connectivity index (χ3v) is 4.34. The first-order valence-electron chi connectivity index (χ1n) is 11.0. The Balaban J connectivity index is 0.000000739. The highest BCUT2D eigenvalue weighted by Gasteiger charge is 2.21. The van der Waals surface area contributed by atoms with Gasteiger partial charge < -0.3 is 15.3 Å². The first-order valence-corrected chi connectivity index (χ1v) is 11.0. The minimum absolute atomic E-state index is 0.221. The minimum Gasteiger partial charge on any atom is -0.481 e. The van der Waals surface area contributed by atoms with Crippen molar-refractivity contribution in [2.75, 3.05) is 6.61 Å². The molecular weight excluding hydrogens is 392 g/mol. The molecule has 2 rings (SSSR count). The largest absolute Gasteiger partial charge is 0.481 e. The minimum atomic E-state index is -1.09. The highest BCUT2D eigenvalue weighted by molar-refractivity contribution is 5.78. The molecule has 31 heavy (non-hydrogen) atoms. The van der Waals surface area contributed by atoms with Crippen LogP contribution in [0.4, 0.5) is 0 Å². The Kier molecular flexibility index (Phi) is 16.6. The summed E-state index contributed by atoms with van der Waals surface area (Å²) in [6.07, 6.45) is 4.85. The summed E-state index contributed by atoms with van der Waals surface area (Å²) in [7, 11) is 0. The van der Waals surface area contributed by atoms with E-state index in [4.69, 9.17) is 15.3 Å². The number of carbonyl (C=O) groups is 2. The van der Waals surface area contributed by atoms with Crippen LogP contribution in [0.1, 0.15) is 62.6 Å². The monoisotopic (exact) mass is 430 g/mol. The van der Waals surface area contributed by atoms with Crippen LogP contribution in [-0.4, -0.2) is 33.9 Å². The predicted octanol–water partition coefficient (Wildman–Crippen LogP) is 5.52. The SMILES string of the molecule is CCC.Cc1ccccc1.O=C(O)CC(Cc1ccc(CCCCCO)cc1)C(=O)O. The Bertz CT molecular complexity index is 710. The predicted molar refractivity (Wildman–Crippen MR) is 125 cm³/mol. The number of benzene rings is 2. The molecule has 5 nitrogen and oxygen atoms in total. The fourth-order valence-corrected chi connectivity index (χ4v) is 2.74. The summed E-state index contributed by atoms with van der Waals surface area (Å²) in [5.74, 6) is -3.06. The number of unbranched alkanes of at least 4 members (excludes halogenated alkanes) is 2. The van der Waals surface area contributed by atoms with Gasteiger partial charge in [0.25, 0.3) is 0 Å². The summed E-state index contributed by atoms with van der Waals surface area (Å²) < 4.78 is 0. The molecule has 3 N–H and O–H groups in total. The van der Waals surface area contributed by atoms with Crippen LogP contribution >= 0.6 is 0 Å². The Hall–Kier alpha value is -2.66. The molecule has 0 bridgehead atoms. The Labute approximate surface area is 186 Å². The zero-order valence-electron chi connectivity index (χ0n) is 19.1. The lowest BCUT2D eigenvalue weighted by Crippen LogP contribution is -2.20. The maximum absolute atomic E-state index is 11.0. The third kappa shape index (κ3) is 15.8. The van der Waals surface area contributed by atoms with Crippen LogP contribution in [0.5, 0.6) is 0 Å². The molecule has 0 spiro atoms. The van der Waals surface area contributed by atoms with Gasteiger partial charge in [0.05, 0.1) is 12.3 Å². The van der Waals surface area contributed by atoms with Crippen LogP contribution in [0.2, 0.25) is 0 Å². The van der Waals surface area contributed by atoms with E-state index in [-0.39, 0.29) is 19.4 Å². The molecule has 172 valence electrons. The van der Waals surface area contributed by atoms with Crippen LogP contribution < -0.4 is 0 Å². The lowest BCUT2D eigenvalue weighted by molar-refractivity contribution is -0.148. The van der Waals surface area contributed by atoms with Gasteiger partial charge in [0.15, 0.2) is 0 Å². The Morgan fingerprint density at radius 3 is 1.81 bits per heavy atom. The number of carboxylic acid groups (broad SMARTS) is 2. The van der Waals surface area contributed by atoms with Crippen molar-refractivity contribution in [3.63, 3.8) is 0 Å². The van der Waals surface area contributed by atoms with E-state index in [9.17, 15) is 9.59 Å². The quantitative estimate of drug-likeness (QED) is 0.431. The van der Waals surface area contributed by atoms with Crippen LogP contribution in [0, 0.1) is 12.8 Å². The zero-order chi connectivity index (χ0) is 23.5. The summed E-state index contributed by atoms with van der Waals surface area (Å²) in [6, 6.07) is 17.9. The topological polar surface area (TPSA) is 94.8 Å². The zero-order valence-corrected chi connectivity index (χ0v) is 19.1. The number of aryl methyl sites for hydroxylation is 2. The van der Waals surface area contributed by atoms with Gasteiger partial charge in [0, 0.05) is 6.61 Å². The second kappa shape index (κ2) is 18.1. The van der Waals surface area contributed by atoms with E-state index >= 15 is 0 Å².